The van der Waals surface area contributed by atoms with Crippen molar-refractivity contribution in [2.45, 2.75) is 17.5 Å². The lowest BCUT2D eigenvalue weighted by Gasteiger charge is -2.12. The molecule has 0 radical (unpaired) electrons. The van der Waals surface area contributed by atoms with Crippen LogP contribution in [-0.2, 0) is 0 Å². The number of rotatable bonds is 3. The van der Waals surface area contributed by atoms with Gasteiger partial charge in [0, 0.05) is 12.5 Å². The average Bonchev–Trinajstić information content (AvgIpc) is 3.03. The summed E-state index contributed by atoms with van der Waals surface area (Å²) in [7, 11) is 0. The molecule has 19 heavy (non-hydrogen) atoms. The van der Waals surface area contributed by atoms with E-state index in [0.29, 0.717) is 0 Å². The van der Waals surface area contributed by atoms with Crippen molar-refractivity contribution in [1.29, 1.82) is 0 Å². The average molecular weight is 277 g/mol. The first-order chi connectivity index (χ1) is 9.22. The number of nitrogens with zero attached hydrogens (tertiary/aromatic N) is 4. The lowest BCUT2D eigenvalue weighted by molar-refractivity contribution is 0.244. The van der Waals surface area contributed by atoms with Crippen LogP contribution >= 0.6 is 11.8 Å². The Kier molecular flexibility index (Phi) is 3.16. The van der Waals surface area contributed by atoms with E-state index in [1.54, 1.807) is 6.33 Å². The molecule has 0 saturated carbocycles. The summed E-state index contributed by atoms with van der Waals surface area (Å²) < 4.78 is 2.00. The number of nitrogen functional groups attached to an aromatic ring is 1. The molecule has 1 aliphatic rings. The Balaban J connectivity index is 2.06. The fourth-order valence-corrected chi connectivity index (χ4v) is 2.91. The van der Waals surface area contributed by atoms with Crippen LogP contribution in [0.5, 0.6) is 0 Å². The predicted octanol–water partition coefficient (Wildman–Crippen LogP) is 1.24. The third-order valence-electron chi connectivity index (χ3n) is 3.34. The van der Waals surface area contributed by atoms with Crippen LogP contribution in [0, 0.1) is 5.92 Å². The maximum atomic E-state index is 9.20. The summed E-state index contributed by atoms with van der Waals surface area (Å²) in [5.74, 6) is 0.473. The summed E-state index contributed by atoms with van der Waals surface area (Å²) in [5.41, 5.74) is 7.28. The molecule has 0 spiro atoms. The Morgan fingerprint density at radius 2 is 2.32 bits per heavy atom. The molecule has 0 aliphatic heterocycles. The molecular formula is C12H15N5OS. The van der Waals surface area contributed by atoms with E-state index in [1.165, 1.54) is 11.8 Å². The molecule has 100 valence electrons. The smallest absolute Gasteiger partial charge is 0.223 e. The van der Waals surface area contributed by atoms with Gasteiger partial charge in [0.25, 0.3) is 0 Å². The van der Waals surface area contributed by atoms with Crippen LogP contribution in [-0.4, -0.2) is 37.5 Å². The SMILES string of the molecule is CSc1nc(N)nc2c1ncn2[C@@H]1C=C[C@H](CO)C1. The second-order valence-corrected chi connectivity index (χ2v) is 5.34. The van der Waals surface area contributed by atoms with Gasteiger partial charge in [-0.1, -0.05) is 12.2 Å². The van der Waals surface area contributed by atoms with Gasteiger partial charge in [-0.05, 0) is 12.7 Å². The summed E-state index contributed by atoms with van der Waals surface area (Å²) in [6.07, 6.45) is 8.70. The number of aliphatic hydroxyl groups is 1. The molecule has 0 saturated heterocycles. The van der Waals surface area contributed by atoms with Crippen molar-refractivity contribution < 1.29 is 5.11 Å². The molecule has 0 unspecified atom stereocenters. The minimum absolute atomic E-state index is 0.172. The van der Waals surface area contributed by atoms with Crippen LogP contribution < -0.4 is 5.73 Å². The van der Waals surface area contributed by atoms with Crippen LogP contribution in [0.2, 0.25) is 0 Å². The lowest BCUT2D eigenvalue weighted by atomic mass is 10.1. The number of hydrogen-bond acceptors (Lipinski definition) is 6. The fourth-order valence-electron chi connectivity index (χ4n) is 2.39. The topological polar surface area (TPSA) is 89.9 Å². The van der Waals surface area contributed by atoms with Crippen LogP contribution in [0.1, 0.15) is 12.5 Å². The van der Waals surface area contributed by atoms with Gasteiger partial charge in [0.15, 0.2) is 5.65 Å². The monoisotopic (exact) mass is 277 g/mol. The van der Waals surface area contributed by atoms with Gasteiger partial charge in [0.2, 0.25) is 5.95 Å². The zero-order valence-corrected chi connectivity index (χ0v) is 11.3. The molecule has 2 aromatic heterocycles. The van der Waals surface area contributed by atoms with Crippen LogP contribution in [0.3, 0.4) is 0 Å². The summed E-state index contributed by atoms with van der Waals surface area (Å²) in [4.78, 5) is 12.9. The first-order valence-corrected chi connectivity index (χ1v) is 7.28. The zero-order chi connectivity index (χ0) is 13.4. The highest BCUT2D eigenvalue weighted by Gasteiger charge is 2.22. The van der Waals surface area contributed by atoms with Gasteiger partial charge in [0.1, 0.15) is 10.5 Å². The molecule has 0 bridgehead atoms. The molecule has 3 rings (SSSR count). The highest BCUT2D eigenvalue weighted by molar-refractivity contribution is 7.98. The Morgan fingerprint density at radius 3 is 3.00 bits per heavy atom. The molecule has 6 nitrogen and oxygen atoms in total. The second kappa shape index (κ2) is 4.82. The Morgan fingerprint density at radius 1 is 1.47 bits per heavy atom. The summed E-state index contributed by atoms with van der Waals surface area (Å²) >= 11 is 1.51. The van der Waals surface area contributed by atoms with Gasteiger partial charge in [0.05, 0.1) is 12.4 Å². The molecule has 2 heterocycles. The minimum Gasteiger partial charge on any atom is -0.396 e. The van der Waals surface area contributed by atoms with Gasteiger partial charge in [-0.3, -0.25) is 0 Å². The van der Waals surface area contributed by atoms with E-state index in [9.17, 15) is 5.11 Å². The predicted molar refractivity (Wildman–Crippen MR) is 74.9 cm³/mol. The van der Waals surface area contributed by atoms with E-state index in [4.69, 9.17) is 5.73 Å². The summed E-state index contributed by atoms with van der Waals surface area (Å²) in [5, 5.41) is 9.99. The van der Waals surface area contributed by atoms with Gasteiger partial charge in [-0.25, -0.2) is 9.97 Å². The van der Waals surface area contributed by atoms with Gasteiger partial charge >= 0.3 is 0 Å². The van der Waals surface area contributed by atoms with E-state index >= 15 is 0 Å². The van der Waals surface area contributed by atoms with Crippen molar-refractivity contribution >= 4 is 28.9 Å². The molecule has 2 aromatic rings. The molecule has 0 fully saturated rings. The first kappa shape index (κ1) is 12.4. The number of aliphatic hydroxyl groups excluding tert-OH is 1. The molecule has 0 amide bonds. The number of anilines is 1. The number of allylic oxidation sites excluding steroid dienone is 1. The highest BCUT2D eigenvalue weighted by Crippen LogP contribution is 2.31. The van der Waals surface area contributed by atoms with Crippen molar-refractivity contribution in [2.75, 3.05) is 18.6 Å². The normalized spacial score (nSPS) is 22.4. The van der Waals surface area contributed by atoms with Crippen LogP contribution in [0.25, 0.3) is 11.2 Å². The zero-order valence-electron chi connectivity index (χ0n) is 10.5. The van der Waals surface area contributed by atoms with Crippen molar-refractivity contribution in [2.24, 2.45) is 5.92 Å². The highest BCUT2D eigenvalue weighted by atomic mass is 32.2. The van der Waals surface area contributed by atoms with E-state index in [2.05, 4.69) is 21.0 Å². The standard InChI is InChI=1S/C12H15N5OS/c1-19-11-9-10(15-12(13)16-11)17(6-14-9)8-3-2-7(4-8)5-18/h2-3,6-8,18H,4-5H2,1H3,(H2,13,15,16)/t7-,8+/m0/s1. The largest absolute Gasteiger partial charge is 0.396 e. The molecule has 1 aliphatic carbocycles. The number of hydrogen-bond donors (Lipinski definition) is 2. The number of imidazole rings is 1. The van der Waals surface area contributed by atoms with Gasteiger partial charge < -0.3 is 15.4 Å². The first-order valence-electron chi connectivity index (χ1n) is 6.06. The molecule has 7 heteroatoms. The van der Waals surface area contributed by atoms with E-state index < -0.39 is 0 Å². The molecule has 3 N–H and O–H groups in total. The fraction of sp³-hybridized carbons (Fsp3) is 0.417. The number of nitrogens with two attached hydrogens (primary N) is 1. The Hall–Kier alpha value is -1.60. The van der Waals surface area contributed by atoms with E-state index in [1.807, 2.05) is 16.9 Å². The second-order valence-electron chi connectivity index (χ2n) is 4.55. The summed E-state index contributed by atoms with van der Waals surface area (Å²) in [6, 6.07) is 0.172. The summed E-state index contributed by atoms with van der Waals surface area (Å²) in [6.45, 7) is 0.173. The van der Waals surface area contributed by atoms with E-state index in [0.717, 1.165) is 22.6 Å². The Bertz CT molecular complexity index is 638. The third-order valence-corrected chi connectivity index (χ3v) is 4.01. The minimum atomic E-state index is 0.172. The third kappa shape index (κ3) is 2.08. The van der Waals surface area contributed by atoms with Crippen molar-refractivity contribution in [1.82, 2.24) is 19.5 Å². The molecular weight excluding hydrogens is 262 g/mol. The lowest BCUT2D eigenvalue weighted by Crippen LogP contribution is -2.08. The number of fused-ring (bicyclic) bond motifs is 1. The number of thioether (sulfide) groups is 1. The number of aromatic nitrogens is 4. The van der Waals surface area contributed by atoms with E-state index in [-0.39, 0.29) is 24.5 Å². The van der Waals surface area contributed by atoms with Gasteiger partial charge in [-0.2, -0.15) is 4.98 Å². The van der Waals surface area contributed by atoms with Crippen molar-refractivity contribution in [3.63, 3.8) is 0 Å². The maximum absolute atomic E-state index is 9.20. The maximum Gasteiger partial charge on any atom is 0.223 e. The van der Waals surface area contributed by atoms with Crippen LogP contribution in [0.4, 0.5) is 5.95 Å². The van der Waals surface area contributed by atoms with Crippen molar-refractivity contribution in [3.8, 4) is 0 Å². The van der Waals surface area contributed by atoms with Crippen molar-refractivity contribution in [3.05, 3.63) is 18.5 Å². The quantitative estimate of drug-likeness (QED) is 0.498. The molecule has 0 aromatic carbocycles. The Labute approximate surface area is 114 Å². The molecule has 2 atom stereocenters. The van der Waals surface area contributed by atoms with Crippen LogP contribution in [0.15, 0.2) is 23.5 Å². The van der Waals surface area contributed by atoms with Gasteiger partial charge in [-0.15, -0.1) is 11.8 Å².